The van der Waals surface area contributed by atoms with E-state index in [1.807, 2.05) is 43.3 Å². The van der Waals surface area contributed by atoms with E-state index in [4.69, 9.17) is 4.74 Å². The van der Waals surface area contributed by atoms with Crippen LogP contribution in [0, 0.1) is 6.92 Å². The van der Waals surface area contributed by atoms with Crippen LogP contribution in [0.5, 0.6) is 5.75 Å². The van der Waals surface area contributed by atoms with Crippen LogP contribution in [0.25, 0.3) is 0 Å². The number of carbonyl (C=O) groups is 3. The fourth-order valence-electron chi connectivity index (χ4n) is 5.35. The molecule has 2 atom stereocenters. The van der Waals surface area contributed by atoms with Gasteiger partial charge in [0, 0.05) is 24.6 Å². The van der Waals surface area contributed by atoms with E-state index in [1.54, 1.807) is 60.7 Å². The summed E-state index contributed by atoms with van der Waals surface area (Å²) in [5, 5.41) is 17.0. The van der Waals surface area contributed by atoms with Crippen LogP contribution in [0.15, 0.2) is 91.4 Å². The molecule has 10 nitrogen and oxygen atoms in total. The maximum atomic E-state index is 13.8. The van der Waals surface area contributed by atoms with Crippen LogP contribution in [-0.2, 0) is 28.0 Å². The number of hydrogen-bond donors (Lipinski definition) is 4. The van der Waals surface area contributed by atoms with E-state index in [1.165, 1.54) is 6.33 Å². The lowest BCUT2D eigenvalue weighted by Gasteiger charge is -2.48. The number of amides is 3. The van der Waals surface area contributed by atoms with Crippen LogP contribution < -0.4 is 15.4 Å². The quantitative estimate of drug-likeness (QED) is 0.215. The summed E-state index contributed by atoms with van der Waals surface area (Å²) in [6.07, 6.45) is 3.48. The number of H-pyrrole nitrogens is 1. The third kappa shape index (κ3) is 6.92. The minimum Gasteiger partial charge on any atom is -0.497 e. The average Bonchev–Trinajstić information content (AvgIpc) is 3.52. The zero-order valence-electron chi connectivity index (χ0n) is 24.1. The van der Waals surface area contributed by atoms with Crippen LogP contribution in [-0.4, -0.2) is 70.0 Å². The molecule has 1 aromatic heterocycles. The number of nitrogens with zero attached hydrogens (tertiary/aromatic N) is 2. The molecule has 3 aromatic carbocycles. The minimum atomic E-state index is -1.16. The number of hydrogen-bond acceptors (Lipinski definition) is 6. The minimum absolute atomic E-state index is 0.104. The standard InChI is InChI=1S/C33H35N5O5/c1-22-8-6-7-11-27(22)33(42)19-38(20-33)32(41)29(16-23-12-14-26(43-2)15-13-23)37-31(40)28(17-25-18-34-21-35-25)36-30(39)24-9-4-3-5-10-24/h3-15,18,21,28-29,42H,16-17,19-20H2,1-2H3,(H,34,35)(H,36,39)(H,37,40). The van der Waals surface area contributed by atoms with Crippen molar-refractivity contribution in [2.24, 2.45) is 0 Å². The third-order valence-electron chi connectivity index (χ3n) is 7.70. The van der Waals surface area contributed by atoms with Crippen molar-refractivity contribution in [2.45, 2.75) is 37.5 Å². The van der Waals surface area contributed by atoms with E-state index in [-0.39, 0.29) is 31.8 Å². The maximum absolute atomic E-state index is 13.8. The highest BCUT2D eigenvalue weighted by atomic mass is 16.5. The smallest absolute Gasteiger partial charge is 0.251 e. The summed E-state index contributed by atoms with van der Waals surface area (Å²) in [6, 6.07) is 21.5. The Morgan fingerprint density at radius 2 is 1.65 bits per heavy atom. The number of aromatic nitrogens is 2. The molecule has 1 fully saturated rings. The number of aromatic amines is 1. The summed E-state index contributed by atoms with van der Waals surface area (Å²) in [5.41, 5.74) is 2.35. The Bertz CT molecular complexity index is 1550. The molecule has 222 valence electrons. The van der Waals surface area contributed by atoms with E-state index < -0.39 is 29.5 Å². The van der Waals surface area contributed by atoms with E-state index >= 15 is 0 Å². The van der Waals surface area contributed by atoms with Crippen LogP contribution in [0.4, 0.5) is 0 Å². The molecule has 4 aromatic rings. The first kappa shape index (κ1) is 29.5. The van der Waals surface area contributed by atoms with Gasteiger partial charge in [-0.05, 0) is 47.9 Å². The number of ether oxygens (including phenoxy) is 1. The fourth-order valence-corrected chi connectivity index (χ4v) is 5.35. The van der Waals surface area contributed by atoms with E-state index in [2.05, 4.69) is 20.6 Å². The third-order valence-corrected chi connectivity index (χ3v) is 7.70. The first-order chi connectivity index (χ1) is 20.8. The first-order valence-electron chi connectivity index (χ1n) is 14.1. The van der Waals surface area contributed by atoms with Gasteiger partial charge in [-0.3, -0.25) is 14.4 Å². The maximum Gasteiger partial charge on any atom is 0.251 e. The van der Waals surface area contributed by atoms with Crippen molar-refractivity contribution in [3.05, 3.63) is 119 Å². The number of carbonyl (C=O) groups excluding carboxylic acids is 3. The van der Waals surface area contributed by atoms with Crippen molar-refractivity contribution in [3.8, 4) is 5.75 Å². The number of likely N-dealkylation sites (tertiary alicyclic amines) is 1. The average molecular weight is 582 g/mol. The molecule has 0 saturated carbocycles. The van der Waals surface area contributed by atoms with E-state index in [9.17, 15) is 19.5 Å². The highest BCUT2D eigenvalue weighted by molar-refractivity contribution is 5.98. The molecule has 43 heavy (non-hydrogen) atoms. The summed E-state index contributed by atoms with van der Waals surface area (Å²) < 4.78 is 5.26. The SMILES string of the molecule is COc1ccc(CC(NC(=O)C(Cc2c[nH]cn2)NC(=O)c2ccccc2)C(=O)N2CC(O)(c3ccccc3C)C2)cc1. The number of β-amino-alcohol motifs (C(OH)–C–C–N with tert-alkyl or cyclic N) is 1. The molecule has 0 radical (unpaired) electrons. The molecule has 1 aliphatic rings. The van der Waals surface area contributed by atoms with Crippen LogP contribution in [0.1, 0.15) is 32.7 Å². The molecule has 0 aliphatic carbocycles. The van der Waals surface area contributed by atoms with E-state index in [0.717, 1.165) is 16.7 Å². The Morgan fingerprint density at radius 3 is 2.30 bits per heavy atom. The largest absolute Gasteiger partial charge is 0.497 e. The lowest BCUT2D eigenvalue weighted by molar-refractivity contribution is -0.160. The fraction of sp³-hybridized carbons (Fsp3) is 0.273. The molecular formula is C33H35N5O5. The molecule has 5 rings (SSSR count). The van der Waals surface area contributed by atoms with Gasteiger partial charge in [-0.25, -0.2) is 4.98 Å². The second-order valence-electron chi connectivity index (χ2n) is 10.8. The van der Waals surface area contributed by atoms with Crippen LogP contribution in [0.3, 0.4) is 0 Å². The highest BCUT2D eigenvalue weighted by Gasteiger charge is 2.47. The number of aliphatic hydroxyl groups is 1. The number of nitrogens with one attached hydrogen (secondary N) is 3. The Kier molecular flexibility index (Phi) is 8.87. The van der Waals surface area contributed by atoms with Crippen molar-refractivity contribution >= 4 is 17.7 Å². The van der Waals surface area contributed by atoms with Crippen molar-refractivity contribution in [3.63, 3.8) is 0 Å². The topological polar surface area (TPSA) is 137 Å². The molecule has 10 heteroatoms. The summed E-state index contributed by atoms with van der Waals surface area (Å²) in [7, 11) is 1.57. The lowest BCUT2D eigenvalue weighted by atomic mass is 9.83. The molecule has 3 amide bonds. The Labute approximate surface area is 250 Å². The number of aryl methyl sites for hydroxylation is 1. The molecule has 4 N–H and O–H groups in total. The number of imidazole rings is 1. The second kappa shape index (κ2) is 12.9. The Morgan fingerprint density at radius 1 is 0.953 bits per heavy atom. The van der Waals surface area contributed by atoms with Crippen molar-refractivity contribution in [1.29, 1.82) is 0 Å². The summed E-state index contributed by atoms with van der Waals surface area (Å²) in [4.78, 5) is 49.3. The predicted molar refractivity (Wildman–Crippen MR) is 160 cm³/mol. The predicted octanol–water partition coefficient (Wildman–Crippen LogP) is 2.53. The molecule has 1 aliphatic heterocycles. The molecule has 2 heterocycles. The summed E-state index contributed by atoms with van der Waals surface area (Å²) in [5.74, 6) is -0.589. The second-order valence-corrected chi connectivity index (χ2v) is 10.8. The van der Waals surface area contributed by atoms with Crippen molar-refractivity contribution in [1.82, 2.24) is 25.5 Å². The number of benzene rings is 3. The summed E-state index contributed by atoms with van der Waals surface area (Å²) >= 11 is 0. The van der Waals surface area contributed by atoms with Gasteiger partial charge < -0.3 is 30.4 Å². The van der Waals surface area contributed by atoms with Crippen LogP contribution >= 0.6 is 0 Å². The van der Waals surface area contributed by atoms with Crippen molar-refractivity contribution < 1.29 is 24.2 Å². The zero-order chi connectivity index (χ0) is 30.4. The van der Waals surface area contributed by atoms with Gasteiger partial charge in [-0.2, -0.15) is 0 Å². The Balaban J connectivity index is 1.36. The molecular weight excluding hydrogens is 546 g/mol. The van der Waals surface area contributed by atoms with Gasteiger partial charge in [0.25, 0.3) is 5.91 Å². The van der Waals surface area contributed by atoms with Crippen molar-refractivity contribution in [2.75, 3.05) is 20.2 Å². The molecule has 0 bridgehead atoms. The Hall–Kier alpha value is -4.96. The normalized spacial score (nSPS) is 15.1. The first-order valence-corrected chi connectivity index (χ1v) is 14.1. The van der Waals surface area contributed by atoms with Gasteiger partial charge in [0.2, 0.25) is 11.8 Å². The van der Waals surface area contributed by atoms with Gasteiger partial charge in [-0.1, -0.05) is 54.6 Å². The van der Waals surface area contributed by atoms with Gasteiger partial charge in [0.15, 0.2) is 0 Å². The van der Waals surface area contributed by atoms with Crippen LogP contribution in [0.2, 0.25) is 0 Å². The number of methoxy groups -OCH3 is 1. The zero-order valence-corrected chi connectivity index (χ0v) is 24.1. The van der Waals surface area contributed by atoms with Gasteiger partial charge >= 0.3 is 0 Å². The molecule has 2 unspecified atom stereocenters. The monoisotopic (exact) mass is 581 g/mol. The van der Waals surface area contributed by atoms with E-state index in [0.29, 0.717) is 17.0 Å². The van der Waals surface area contributed by atoms with Gasteiger partial charge in [-0.15, -0.1) is 0 Å². The molecule has 1 saturated heterocycles. The summed E-state index contributed by atoms with van der Waals surface area (Å²) in [6.45, 7) is 2.13. The van der Waals surface area contributed by atoms with Gasteiger partial charge in [0.05, 0.1) is 32.2 Å². The molecule has 0 spiro atoms. The van der Waals surface area contributed by atoms with Gasteiger partial charge in [0.1, 0.15) is 23.4 Å². The number of rotatable bonds is 11. The lowest BCUT2D eigenvalue weighted by Crippen LogP contribution is -2.65. The highest BCUT2D eigenvalue weighted by Crippen LogP contribution is 2.34.